The molecule has 0 aliphatic heterocycles. The summed E-state index contributed by atoms with van der Waals surface area (Å²) in [5.74, 6) is 0. The van der Waals surface area contributed by atoms with Crippen molar-refractivity contribution in [3.05, 3.63) is 64.6 Å². The zero-order chi connectivity index (χ0) is 19.9. The largest absolute Gasteiger partial charge is 0.446 e. The summed E-state index contributed by atoms with van der Waals surface area (Å²) >= 11 is 3.44. The lowest BCUT2D eigenvalue weighted by Crippen LogP contribution is -2.48. The summed E-state index contributed by atoms with van der Waals surface area (Å²) in [6.07, 6.45) is 1.94. The van der Waals surface area contributed by atoms with Gasteiger partial charge in [0.25, 0.3) is 0 Å². The molecule has 7 heteroatoms. The van der Waals surface area contributed by atoms with E-state index in [1.165, 1.54) is 0 Å². The van der Waals surface area contributed by atoms with E-state index in [4.69, 9.17) is 10.5 Å². The third kappa shape index (κ3) is 5.48. The number of carbonyl (C=O) groups excluding carboxylic acids is 2. The fourth-order valence-corrected chi connectivity index (χ4v) is 3.80. The van der Waals surface area contributed by atoms with Gasteiger partial charge in [-0.05, 0) is 55.5 Å². The van der Waals surface area contributed by atoms with Gasteiger partial charge in [0.15, 0.2) is 0 Å². The molecule has 3 N–H and O–H groups in total. The number of anilines is 1. The van der Waals surface area contributed by atoms with E-state index in [0.29, 0.717) is 19.4 Å². The van der Waals surface area contributed by atoms with Crippen molar-refractivity contribution in [2.75, 3.05) is 4.90 Å². The molecule has 28 heavy (non-hydrogen) atoms. The molecule has 148 valence electrons. The van der Waals surface area contributed by atoms with Gasteiger partial charge in [-0.25, -0.2) is 9.59 Å². The van der Waals surface area contributed by atoms with Crippen LogP contribution in [0.2, 0.25) is 0 Å². The molecule has 1 aliphatic rings. The Kier molecular flexibility index (Phi) is 6.92. The van der Waals surface area contributed by atoms with Crippen LogP contribution in [0.25, 0.3) is 0 Å². The molecular formula is C21H24BrN3O3. The van der Waals surface area contributed by atoms with Gasteiger partial charge in [0.05, 0.1) is 0 Å². The number of benzene rings is 2. The molecule has 0 unspecified atom stereocenters. The Labute approximate surface area is 173 Å². The summed E-state index contributed by atoms with van der Waals surface area (Å²) in [6, 6.07) is 17.4. The molecule has 0 aromatic heterocycles. The number of hydrogen-bond donors (Lipinski definition) is 2. The lowest BCUT2D eigenvalue weighted by molar-refractivity contribution is 0.0787. The summed E-state index contributed by atoms with van der Waals surface area (Å²) in [5, 5.41) is 3.02. The highest BCUT2D eigenvalue weighted by Gasteiger charge is 2.31. The van der Waals surface area contributed by atoms with Crippen LogP contribution in [0.3, 0.4) is 0 Å². The van der Waals surface area contributed by atoms with Crippen LogP contribution >= 0.6 is 15.9 Å². The van der Waals surface area contributed by atoms with Crippen molar-refractivity contribution in [1.82, 2.24) is 5.32 Å². The Morgan fingerprint density at radius 2 is 1.68 bits per heavy atom. The highest BCUT2D eigenvalue weighted by molar-refractivity contribution is 9.10. The summed E-state index contributed by atoms with van der Waals surface area (Å²) in [4.78, 5) is 25.9. The number of halogens is 1. The Hall–Kier alpha value is -2.54. The van der Waals surface area contributed by atoms with Crippen LogP contribution in [0.4, 0.5) is 15.3 Å². The Morgan fingerprint density at radius 1 is 1.04 bits per heavy atom. The van der Waals surface area contributed by atoms with E-state index in [1.807, 2.05) is 59.5 Å². The molecule has 0 radical (unpaired) electrons. The molecule has 0 bridgehead atoms. The van der Waals surface area contributed by atoms with Crippen molar-refractivity contribution in [3.63, 3.8) is 0 Å². The van der Waals surface area contributed by atoms with E-state index in [1.54, 1.807) is 0 Å². The van der Waals surface area contributed by atoms with Crippen molar-refractivity contribution >= 4 is 33.7 Å². The van der Waals surface area contributed by atoms with Gasteiger partial charge in [-0.1, -0.05) is 46.3 Å². The Morgan fingerprint density at radius 3 is 2.29 bits per heavy atom. The maximum absolute atomic E-state index is 13.1. The molecule has 0 saturated heterocycles. The number of nitrogens with zero attached hydrogens (tertiary/aromatic N) is 1. The fraction of sp³-hybridized carbons (Fsp3) is 0.333. The number of primary amides is 1. The molecular weight excluding hydrogens is 422 g/mol. The zero-order valence-corrected chi connectivity index (χ0v) is 17.1. The second-order valence-corrected chi connectivity index (χ2v) is 7.77. The molecule has 2 aromatic rings. The number of urea groups is 1. The van der Waals surface area contributed by atoms with E-state index in [2.05, 4.69) is 21.2 Å². The van der Waals surface area contributed by atoms with Gasteiger partial charge in [0.2, 0.25) is 0 Å². The summed E-state index contributed by atoms with van der Waals surface area (Å²) in [6.45, 7) is 0.465. The topological polar surface area (TPSA) is 84.7 Å². The molecule has 0 atom stereocenters. The summed E-state index contributed by atoms with van der Waals surface area (Å²) in [5.41, 5.74) is 7.01. The van der Waals surface area contributed by atoms with Gasteiger partial charge in [-0.15, -0.1) is 0 Å². The lowest BCUT2D eigenvalue weighted by atomic mass is 9.91. The standard InChI is InChI=1S/C21H24BrN3O3/c22-16-6-8-17(9-7-16)25(18-10-12-19(13-11-18)28-20(23)26)21(27)24-14-15-4-2-1-3-5-15/h1-9,18-19H,10-14H2,(H2,23,26)(H,24,27). The van der Waals surface area contributed by atoms with Gasteiger partial charge in [0.1, 0.15) is 6.10 Å². The fourth-order valence-electron chi connectivity index (χ4n) is 3.54. The minimum atomic E-state index is -0.742. The minimum Gasteiger partial charge on any atom is -0.446 e. The molecule has 0 heterocycles. The number of ether oxygens (including phenoxy) is 1. The Balaban J connectivity index is 1.71. The van der Waals surface area contributed by atoms with Crippen molar-refractivity contribution in [1.29, 1.82) is 0 Å². The summed E-state index contributed by atoms with van der Waals surface area (Å²) in [7, 11) is 0. The summed E-state index contributed by atoms with van der Waals surface area (Å²) < 4.78 is 6.08. The number of carbonyl (C=O) groups is 2. The highest BCUT2D eigenvalue weighted by Crippen LogP contribution is 2.30. The van der Waals surface area contributed by atoms with Crippen molar-refractivity contribution in [2.45, 2.75) is 44.4 Å². The molecule has 1 fully saturated rings. The molecule has 1 saturated carbocycles. The van der Waals surface area contributed by atoms with Crippen molar-refractivity contribution in [3.8, 4) is 0 Å². The highest BCUT2D eigenvalue weighted by atomic mass is 79.9. The van der Waals surface area contributed by atoms with Crippen LogP contribution < -0.4 is 16.0 Å². The first-order chi connectivity index (χ1) is 13.5. The van der Waals surface area contributed by atoms with E-state index in [-0.39, 0.29) is 18.2 Å². The second-order valence-electron chi connectivity index (χ2n) is 6.86. The molecule has 3 amide bonds. The van der Waals surface area contributed by atoms with E-state index >= 15 is 0 Å². The SMILES string of the molecule is NC(=O)OC1CCC(N(C(=O)NCc2ccccc2)c2ccc(Br)cc2)CC1. The maximum Gasteiger partial charge on any atom is 0.404 e. The van der Waals surface area contributed by atoms with Gasteiger partial charge in [-0.2, -0.15) is 0 Å². The van der Waals surface area contributed by atoms with E-state index in [9.17, 15) is 9.59 Å². The minimum absolute atomic E-state index is 0.0321. The third-order valence-corrected chi connectivity index (χ3v) is 5.43. The van der Waals surface area contributed by atoms with Gasteiger partial charge < -0.3 is 15.8 Å². The first kappa shape index (κ1) is 20.2. The molecule has 2 aromatic carbocycles. The quantitative estimate of drug-likeness (QED) is 0.706. The smallest absolute Gasteiger partial charge is 0.404 e. The van der Waals surface area contributed by atoms with Crippen LogP contribution in [0.5, 0.6) is 0 Å². The van der Waals surface area contributed by atoms with Crippen molar-refractivity contribution < 1.29 is 14.3 Å². The first-order valence-electron chi connectivity index (χ1n) is 9.35. The third-order valence-electron chi connectivity index (χ3n) is 4.90. The molecule has 1 aliphatic carbocycles. The predicted octanol–water partition coefficient (Wildman–Crippen LogP) is 4.57. The van der Waals surface area contributed by atoms with Crippen molar-refractivity contribution in [2.24, 2.45) is 5.73 Å². The van der Waals surface area contributed by atoms with E-state index < -0.39 is 6.09 Å². The normalized spacial score (nSPS) is 18.9. The maximum atomic E-state index is 13.1. The number of nitrogens with two attached hydrogens (primary N) is 1. The lowest BCUT2D eigenvalue weighted by Gasteiger charge is -2.36. The average Bonchev–Trinajstić information content (AvgIpc) is 2.70. The number of amides is 3. The van der Waals surface area contributed by atoms with Gasteiger partial charge in [0, 0.05) is 22.7 Å². The van der Waals surface area contributed by atoms with Gasteiger partial charge in [-0.3, -0.25) is 4.90 Å². The second kappa shape index (κ2) is 9.59. The molecule has 3 rings (SSSR count). The predicted molar refractivity (Wildman–Crippen MR) is 112 cm³/mol. The molecule has 6 nitrogen and oxygen atoms in total. The van der Waals surface area contributed by atoms with E-state index in [0.717, 1.165) is 28.6 Å². The first-order valence-corrected chi connectivity index (χ1v) is 10.1. The Bertz CT molecular complexity index is 790. The van der Waals surface area contributed by atoms with Crippen LogP contribution in [0.1, 0.15) is 31.2 Å². The number of rotatable bonds is 5. The molecule has 0 spiro atoms. The average molecular weight is 446 g/mol. The van der Waals surface area contributed by atoms with Crippen LogP contribution in [0, 0.1) is 0 Å². The zero-order valence-electron chi connectivity index (χ0n) is 15.5. The van der Waals surface area contributed by atoms with Crippen LogP contribution in [0.15, 0.2) is 59.1 Å². The number of hydrogen-bond acceptors (Lipinski definition) is 3. The van der Waals surface area contributed by atoms with Crippen LogP contribution in [-0.4, -0.2) is 24.3 Å². The monoisotopic (exact) mass is 445 g/mol. The number of nitrogens with one attached hydrogen (secondary N) is 1. The van der Waals surface area contributed by atoms with Crippen LogP contribution in [-0.2, 0) is 11.3 Å². The van der Waals surface area contributed by atoms with Gasteiger partial charge >= 0.3 is 12.1 Å².